The summed E-state index contributed by atoms with van der Waals surface area (Å²) in [6.07, 6.45) is 3.87. The third-order valence-corrected chi connectivity index (χ3v) is 3.20. The molecule has 0 saturated heterocycles. The average molecular weight is 300 g/mol. The topological polar surface area (TPSA) is 58.0 Å². The second kappa shape index (κ2) is 5.78. The van der Waals surface area contributed by atoms with Gasteiger partial charge in [0.05, 0.1) is 6.10 Å². The van der Waals surface area contributed by atoms with Crippen molar-refractivity contribution in [3.05, 3.63) is 16.5 Å². The predicted molar refractivity (Wildman–Crippen MR) is 71.1 cm³/mol. The van der Waals surface area contributed by atoms with Crippen molar-refractivity contribution < 1.29 is 5.11 Å². The molecule has 1 aromatic heterocycles. The Balaban J connectivity index is 1.95. The number of anilines is 1. The SMILES string of the molecule is CCCC(O)CNc1cc(Br)nc(C2CC2)n1. The molecule has 1 aromatic rings. The van der Waals surface area contributed by atoms with Gasteiger partial charge in [-0.25, -0.2) is 9.97 Å². The molecule has 94 valence electrons. The zero-order chi connectivity index (χ0) is 12.3. The molecule has 0 radical (unpaired) electrons. The fourth-order valence-electron chi connectivity index (χ4n) is 1.71. The summed E-state index contributed by atoms with van der Waals surface area (Å²) >= 11 is 3.39. The molecule has 1 aliphatic carbocycles. The van der Waals surface area contributed by atoms with Gasteiger partial charge in [0.25, 0.3) is 0 Å². The number of aromatic nitrogens is 2. The van der Waals surface area contributed by atoms with E-state index in [1.807, 2.05) is 6.07 Å². The molecule has 4 nitrogen and oxygen atoms in total. The summed E-state index contributed by atoms with van der Waals surface area (Å²) in [5, 5.41) is 12.8. The lowest BCUT2D eigenvalue weighted by molar-refractivity contribution is 0.176. The molecule has 0 spiro atoms. The van der Waals surface area contributed by atoms with Gasteiger partial charge >= 0.3 is 0 Å². The van der Waals surface area contributed by atoms with E-state index in [1.165, 1.54) is 12.8 Å². The third-order valence-electron chi connectivity index (χ3n) is 2.80. The van der Waals surface area contributed by atoms with Gasteiger partial charge in [-0.15, -0.1) is 0 Å². The summed E-state index contributed by atoms with van der Waals surface area (Å²) in [7, 11) is 0. The second-order valence-corrected chi connectivity index (χ2v) is 5.34. The van der Waals surface area contributed by atoms with Gasteiger partial charge in [-0.3, -0.25) is 0 Å². The molecule has 1 unspecified atom stereocenters. The maximum Gasteiger partial charge on any atom is 0.135 e. The summed E-state index contributed by atoms with van der Waals surface area (Å²) in [5.74, 6) is 2.24. The third kappa shape index (κ3) is 3.92. The van der Waals surface area contributed by atoms with Crippen molar-refractivity contribution in [1.82, 2.24) is 9.97 Å². The summed E-state index contributed by atoms with van der Waals surface area (Å²) in [6, 6.07) is 1.85. The molecule has 5 heteroatoms. The monoisotopic (exact) mass is 299 g/mol. The summed E-state index contributed by atoms with van der Waals surface area (Å²) in [5.41, 5.74) is 0. The van der Waals surface area contributed by atoms with E-state index in [0.29, 0.717) is 12.5 Å². The van der Waals surface area contributed by atoms with Crippen molar-refractivity contribution in [3.8, 4) is 0 Å². The minimum absolute atomic E-state index is 0.307. The van der Waals surface area contributed by atoms with Gasteiger partial charge in [0.15, 0.2) is 0 Å². The Kier molecular flexibility index (Phi) is 4.34. The van der Waals surface area contributed by atoms with Crippen LogP contribution in [-0.4, -0.2) is 27.7 Å². The first kappa shape index (κ1) is 12.8. The van der Waals surface area contributed by atoms with E-state index in [4.69, 9.17) is 0 Å². The molecule has 2 rings (SSSR count). The van der Waals surface area contributed by atoms with Crippen LogP contribution in [0.4, 0.5) is 5.82 Å². The Bertz CT molecular complexity index is 382. The largest absolute Gasteiger partial charge is 0.391 e. The molecule has 0 bridgehead atoms. The number of hydrogen-bond acceptors (Lipinski definition) is 4. The molecule has 1 saturated carbocycles. The first-order valence-corrected chi connectivity index (χ1v) is 6.94. The fourth-order valence-corrected chi connectivity index (χ4v) is 2.11. The van der Waals surface area contributed by atoms with Crippen LogP contribution < -0.4 is 5.32 Å². The lowest BCUT2D eigenvalue weighted by atomic mass is 10.2. The molecule has 1 heterocycles. The van der Waals surface area contributed by atoms with Crippen LogP contribution in [0.2, 0.25) is 0 Å². The van der Waals surface area contributed by atoms with Crippen molar-refractivity contribution in [2.45, 2.75) is 44.6 Å². The molecule has 0 aliphatic heterocycles. The summed E-state index contributed by atoms with van der Waals surface area (Å²) in [6.45, 7) is 2.61. The van der Waals surface area contributed by atoms with E-state index in [2.05, 4.69) is 38.1 Å². The van der Waals surface area contributed by atoms with E-state index in [9.17, 15) is 5.11 Å². The van der Waals surface area contributed by atoms with Gasteiger partial charge in [0.2, 0.25) is 0 Å². The lowest BCUT2D eigenvalue weighted by Crippen LogP contribution is -2.19. The highest BCUT2D eigenvalue weighted by Gasteiger charge is 2.27. The first-order valence-electron chi connectivity index (χ1n) is 6.15. The van der Waals surface area contributed by atoms with Crippen LogP contribution in [-0.2, 0) is 0 Å². The Morgan fingerprint density at radius 2 is 2.29 bits per heavy atom. The van der Waals surface area contributed by atoms with Crippen LogP contribution in [0.5, 0.6) is 0 Å². The number of aliphatic hydroxyl groups excluding tert-OH is 1. The van der Waals surface area contributed by atoms with Crippen molar-refractivity contribution >= 4 is 21.7 Å². The Hall–Kier alpha value is -0.680. The number of nitrogens with zero attached hydrogens (tertiary/aromatic N) is 2. The molecular formula is C12H18BrN3O. The van der Waals surface area contributed by atoms with Gasteiger partial charge < -0.3 is 10.4 Å². The standard InChI is InChI=1S/C12H18BrN3O/c1-2-3-9(17)7-14-11-6-10(13)15-12(16-11)8-4-5-8/h6,8-9,17H,2-5,7H2,1H3,(H,14,15,16). The van der Waals surface area contributed by atoms with Crippen molar-refractivity contribution in [2.75, 3.05) is 11.9 Å². The van der Waals surface area contributed by atoms with Gasteiger partial charge in [-0.2, -0.15) is 0 Å². The molecule has 0 aromatic carbocycles. The smallest absolute Gasteiger partial charge is 0.135 e. The van der Waals surface area contributed by atoms with Crippen molar-refractivity contribution in [1.29, 1.82) is 0 Å². The number of halogens is 1. The van der Waals surface area contributed by atoms with Crippen molar-refractivity contribution in [2.24, 2.45) is 0 Å². The molecule has 1 fully saturated rings. The van der Waals surface area contributed by atoms with Crippen LogP contribution in [0.1, 0.15) is 44.3 Å². The van der Waals surface area contributed by atoms with Crippen LogP contribution in [0, 0.1) is 0 Å². The molecular weight excluding hydrogens is 282 g/mol. The zero-order valence-corrected chi connectivity index (χ0v) is 11.6. The molecule has 17 heavy (non-hydrogen) atoms. The highest BCUT2D eigenvalue weighted by Crippen LogP contribution is 2.38. The number of aliphatic hydroxyl groups is 1. The number of nitrogens with one attached hydrogen (secondary N) is 1. The predicted octanol–water partition coefficient (Wildman–Crippen LogP) is 2.69. The van der Waals surface area contributed by atoms with Crippen LogP contribution >= 0.6 is 15.9 Å². The number of rotatable bonds is 6. The second-order valence-electron chi connectivity index (χ2n) is 4.53. The fraction of sp³-hybridized carbons (Fsp3) is 0.667. The van der Waals surface area contributed by atoms with Crippen LogP contribution in [0.15, 0.2) is 10.7 Å². The lowest BCUT2D eigenvalue weighted by Gasteiger charge is -2.12. The molecule has 1 atom stereocenters. The highest BCUT2D eigenvalue weighted by atomic mass is 79.9. The first-order chi connectivity index (χ1) is 8.19. The molecule has 2 N–H and O–H groups in total. The van der Waals surface area contributed by atoms with E-state index < -0.39 is 0 Å². The minimum atomic E-state index is -0.307. The van der Waals surface area contributed by atoms with Gasteiger partial charge in [0, 0.05) is 18.5 Å². The maximum absolute atomic E-state index is 9.65. The average Bonchev–Trinajstić information content (AvgIpc) is 3.10. The van der Waals surface area contributed by atoms with E-state index >= 15 is 0 Å². The number of hydrogen-bond donors (Lipinski definition) is 2. The normalized spacial score (nSPS) is 16.9. The molecule has 1 aliphatic rings. The summed E-state index contributed by atoms with van der Waals surface area (Å²) in [4.78, 5) is 8.83. The van der Waals surface area contributed by atoms with Crippen molar-refractivity contribution in [3.63, 3.8) is 0 Å². The van der Waals surface area contributed by atoms with E-state index in [0.717, 1.165) is 29.1 Å². The highest BCUT2D eigenvalue weighted by molar-refractivity contribution is 9.10. The van der Waals surface area contributed by atoms with Gasteiger partial charge in [0.1, 0.15) is 16.2 Å². The maximum atomic E-state index is 9.65. The summed E-state index contributed by atoms with van der Waals surface area (Å²) < 4.78 is 0.807. The quantitative estimate of drug-likeness (QED) is 0.793. The van der Waals surface area contributed by atoms with Gasteiger partial charge in [-0.05, 0) is 35.2 Å². The van der Waals surface area contributed by atoms with Gasteiger partial charge in [-0.1, -0.05) is 13.3 Å². The zero-order valence-electron chi connectivity index (χ0n) is 9.99. The van der Waals surface area contributed by atoms with Crippen LogP contribution in [0.25, 0.3) is 0 Å². The Morgan fingerprint density at radius 1 is 1.53 bits per heavy atom. The molecule has 0 amide bonds. The van der Waals surface area contributed by atoms with E-state index in [-0.39, 0.29) is 6.10 Å². The minimum Gasteiger partial charge on any atom is -0.391 e. The van der Waals surface area contributed by atoms with Crippen LogP contribution in [0.3, 0.4) is 0 Å². The Labute approximate surface area is 110 Å². The van der Waals surface area contributed by atoms with E-state index in [1.54, 1.807) is 0 Å². The Morgan fingerprint density at radius 3 is 2.94 bits per heavy atom.